The number of benzene rings is 3. The van der Waals surface area contributed by atoms with Crippen LogP contribution in [0.4, 0.5) is 5.69 Å². The fourth-order valence-corrected chi connectivity index (χ4v) is 3.61. The van der Waals surface area contributed by atoms with E-state index < -0.39 is 5.91 Å². The maximum atomic E-state index is 12.1. The number of ether oxygens (including phenoxy) is 1. The van der Waals surface area contributed by atoms with Crippen LogP contribution in [0.3, 0.4) is 0 Å². The highest BCUT2D eigenvalue weighted by Crippen LogP contribution is 2.31. The Morgan fingerprint density at radius 2 is 1.66 bits per heavy atom. The fraction of sp³-hybridized carbons (Fsp3) is 0.130. The number of primary amides is 1. The number of hydrogen-bond donors (Lipinski definition) is 2. The van der Waals surface area contributed by atoms with E-state index in [9.17, 15) is 9.59 Å². The van der Waals surface area contributed by atoms with E-state index in [0.29, 0.717) is 17.0 Å². The summed E-state index contributed by atoms with van der Waals surface area (Å²) in [5.41, 5.74) is 8.75. The van der Waals surface area contributed by atoms with Crippen molar-refractivity contribution in [1.82, 2.24) is 0 Å². The van der Waals surface area contributed by atoms with Gasteiger partial charge in [-0.3, -0.25) is 9.59 Å². The van der Waals surface area contributed by atoms with Crippen molar-refractivity contribution in [1.29, 1.82) is 0 Å². The van der Waals surface area contributed by atoms with Crippen molar-refractivity contribution < 1.29 is 14.3 Å². The molecule has 0 aromatic heterocycles. The second kappa shape index (κ2) is 9.30. The van der Waals surface area contributed by atoms with Crippen molar-refractivity contribution in [3.8, 4) is 5.75 Å². The van der Waals surface area contributed by atoms with Gasteiger partial charge in [-0.25, -0.2) is 0 Å². The van der Waals surface area contributed by atoms with Crippen molar-refractivity contribution in [3.63, 3.8) is 0 Å². The highest BCUT2D eigenvalue weighted by atomic mass is 32.2. The van der Waals surface area contributed by atoms with Gasteiger partial charge in [0.2, 0.25) is 5.91 Å². The van der Waals surface area contributed by atoms with Crippen LogP contribution in [0.1, 0.15) is 21.5 Å². The molecule has 6 heteroatoms. The van der Waals surface area contributed by atoms with E-state index in [1.807, 2.05) is 24.3 Å². The quantitative estimate of drug-likeness (QED) is 0.602. The highest BCUT2D eigenvalue weighted by Gasteiger charge is 2.06. The van der Waals surface area contributed by atoms with Crippen molar-refractivity contribution in [2.45, 2.75) is 23.6 Å². The standard InChI is InChI=1S/C23H22N2O3S/c1-15-3-4-16(2)21(13-15)29-20-11-7-18(8-12-20)25-22(26)14-28-19-9-5-17(6-10-19)23(24)27/h3-13H,14H2,1-2H3,(H2,24,27)(H,25,26). The number of hydrogen-bond acceptors (Lipinski definition) is 4. The lowest BCUT2D eigenvalue weighted by molar-refractivity contribution is -0.118. The second-order valence-electron chi connectivity index (χ2n) is 6.62. The third-order valence-electron chi connectivity index (χ3n) is 4.22. The zero-order valence-electron chi connectivity index (χ0n) is 16.3. The summed E-state index contributed by atoms with van der Waals surface area (Å²) in [7, 11) is 0. The van der Waals surface area contributed by atoms with Crippen LogP contribution >= 0.6 is 11.8 Å². The number of rotatable bonds is 7. The van der Waals surface area contributed by atoms with E-state index >= 15 is 0 Å². The van der Waals surface area contributed by atoms with Gasteiger partial charge in [0.15, 0.2) is 6.61 Å². The Morgan fingerprint density at radius 1 is 0.966 bits per heavy atom. The molecule has 0 saturated carbocycles. The van der Waals surface area contributed by atoms with Crippen LogP contribution in [0.15, 0.2) is 76.5 Å². The predicted molar refractivity (Wildman–Crippen MR) is 116 cm³/mol. The zero-order valence-corrected chi connectivity index (χ0v) is 17.1. The first-order chi connectivity index (χ1) is 13.9. The number of anilines is 1. The molecule has 3 N–H and O–H groups in total. The minimum absolute atomic E-state index is 0.130. The Kier molecular flexibility index (Phi) is 6.57. The first-order valence-electron chi connectivity index (χ1n) is 9.08. The molecule has 2 amide bonds. The van der Waals surface area contributed by atoms with Crippen LogP contribution in [0.5, 0.6) is 5.75 Å². The molecule has 0 aliphatic rings. The molecule has 29 heavy (non-hydrogen) atoms. The summed E-state index contributed by atoms with van der Waals surface area (Å²) in [6.45, 7) is 4.04. The maximum absolute atomic E-state index is 12.1. The van der Waals surface area contributed by atoms with Crippen molar-refractivity contribution in [3.05, 3.63) is 83.4 Å². The van der Waals surface area contributed by atoms with E-state index in [-0.39, 0.29) is 12.5 Å². The first-order valence-corrected chi connectivity index (χ1v) is 9.90. The van der Waals surface area contributed by atoms with Gasteiger partial charge in [0.1, 0.15) is 5.75 Å². The van der Waals surface area contributed by atoms with E-state index in [4.69, 9.17) is 10.5 Å². The van der Waals surface area contributed by atoms with Crippen LogP contribution in [0, 0.1) is 13.8 Å². The SMILES string of the molecule is Cc1ccc(C)c(Sc2ccc(NC(=O)COc3ccc(C(N)=O)cc3)cc2)c1. The van der Waals surface area contributed by atoms with Crippen LogP contribution in [-0.4, -0.2) is 18.4 Å². The zero-order chi connectivity index (χ0) is 20.8. The van der Waals surface area contributed by atoms with Crippen molar-refractivity contribution in [2.24, 2.45) is 5.73 Å². The molecule has 0 aliphatic carbocycles. The van der Waals surface area contributed by atoms with Gasteiger partial charge in [0.25, 0.3) is 5.91 Å². The molecule has 0 unspecified atom stereocenters. The van der Waals surface area contributed by atoms with Gasteiger partial charge in [-0.2, -0.15) is 0 Å². The Balaban J connectivity index is 1.53. The molecule has 3 aromatic rings. The van der Waals surface area contributed by atoms with E-state index in [2.05, 4.69) is 37.4 Å². The molecule has 0 heterocycles. The largest absolute Gasteiger partial charge is 0.484 e. The molecule has 0 atom stereocenters. The lowest BCUT2D eigenvalue weighted by Gasteiger charge is -2.09. The molecule has 0 aliphatic heterocycles. The average Bonchev–Trinajstić information content (AvgIpc) is 2.71. The molecule has 5 nitrogen and oxygen atoms in total. The molecule has 0 fully saturated rings. The number of nitrogens with two attached hydrogens (primary N) is 1. The number of carbonyl (C=O) groups excluding carboxylic acids is 2. The summed E-state index contributed by atoms with van der Waals surface area (Å²) >= 11 is 1.70. The summed E-state index contributed by atoms with van der Waals surface area (Å²) in [4.78, 5) is 25.5. The van der Waals surface area contributed by atoms with Crippen LogP contribution in [-0.2, 0) is 4.79 Å². The summed E-state index contributed by atoms with van der Waals surface area (Å²) in [5, 5.41) is 2.81. The summed E-state index contributed by atoms with van der Waals surface area (Å²) in [5.74, 6) is -0.280. The van der Waals surface area contributed by atoms with Gasteiger partial charge >= 0.3 is 0 Å². The minimum atomic E-state index is -0.506. The number of nitrogens with one attached hydrogen (secondary N) is 1. The van der Waals surface area contributed by atoms with Gasteiger partial charge in [0.05, 0.1) is 0 Å². The average molecular weight is 407 g/mol. The fourth-order valence-electron chi connectivity index (χ4n) is 2.61. The minimum Gasteiger partial charge on any atom is -0.484 e. The third kappa shape index (κ3) is 5.86. The normalized spacial score (nSPS) is 10.4. The van der Waals surface area contributed by atoms with Gasteiger partial charge < -0.3 is 15.8 Å². The van der Waals surface area contributed by atoms with Gasteiger partial charge in [-0.1, -0.05) is 23.9 Å². The molecule has 148 valence electrons. The van der Waals surface area contributed by atoms with Crippen LogP contribution in [0.25, 0.3) is 0 Å². The molecule has 0 spiro atoms. The van der Waals surface area contributed by atoms with E-state index in [1.165, 1.54) is 16.0 Å². The molecule has 0 radical (unpaired) electrons. The number of amides is 2. The van der Waals surface area contributed by atoms with Crippen molar-refractivity contribution >= 4 is 29.3 Å². The Hall–Kier alpha value is -3.25. The third-order valence-corrected chi connectivity index (χ3v) is 5.39. The van der Waals surface area contributed by atoms with Crippen LogP contribution in [0.2, 0.25) is 0 Å². The Labute approximate surface area is 174 Å². The number of aryl methyl sites for hydroxylation is 2. The van der Waals surface area contributed by atoms with E-state index in [0.717, 1.165) is 4.90 Å². The highest BCUT2D eigenvalue weighted by molar-refractivity contribution is 7.99. The van der Waals surface area contributed by atoms with Crippen LogP contribution < -0.4 is 15.8 Å². The topological polar surface area (TPSA) is 81.4 Å². The Bertz CT molecular complexity index is 1020. The lowest BCUT2D eigenvalue weighted by atomic mass is 10.2. The van der Waals surface area contributed by atoms with Gasteiger partial charge in [0, 0.05) is 21.0 Å². The van der Waals surface area contributed by atoms with E-state index in [1.54, 1.807) is 36.0 Å². The monoisotopic (exact) mass is 406 g/mol. The van der Waals surface area contributed by atoms with Gasteiger partial charge in [-0.15, -0.1) is 0 Å². The van der Waals surface area contributed by atoms with Crippen molar-refractivity contribution in [2.75, 3.05) is 11.9 Å². The lowest BCUT2D eigenvalue weighted by Crippen LogP contribution is -2.20. The molecule has 0 saturated heterocycles. The maximum Gasteiger partial charge on any atom is 0.262 e. The first kappa shape index (κ1) is 20.5. The molecular formula is C23H22N2O3S. The molecule has 3 aromatic carbocycles. The Morgan fingerprint density at radius 3 is 2.31 bits per heavy atom. The molecule has 0 bridgehead atoms. The summed E-state index contributed by atoms with van der Waals surface area (Å²) in [6.07, 6.45) is 0. The number of carbonyl (C=O) groups is 2. The summed E-state index contributed by atoms with van der Waals surface area (Å²) in [6, 6.07) is 20.4. The smallest absolute Gasteiger partial charge is 0.262 e. The van der Waals surface area contributed by atoms with Gasteiger partial charge in [-0.05, 0) is 79.6 Å². The molecule has 3 rings (SSSR count). The molecular weight excluding hydrogens is 384 g/mol. The summed E-state index contributed by atoms with van der Waals surface area (Å²) < 4.78 is 5.43. The second-order valence-corrected chi connectivity index (χ2v) is 7.74. The predicted octanol–water partition coefficient (Wildman–Crippen LogP) is 4.57.